The molecule has 0 amide bonds. The first-order chi connectivity index (χ1) is 45.6. The van der Waals surface area contributed by atoms with Crippen molar-refractivity contribution < 1.29 is 0 Å². The van der Waals surface area contributed by atoms with Crippen molar-refractivity contribution >= 4 is 115 Å². The second-order valence-corrected chi connectivity index (χ2v) is 24.0. The Bertz CT molecular complexity index is 6300. The highest BCUT2D eigenvalue weighted by molar-refractivity contribution is 6.16. The van der Waals surface area contributed by atoms with Crippen molar-refractivity contribution in [3.05, 3.63) is 321 Å². The van der Waals surface area contributed by atoms with Crippen molar-refractivity contribution in [3.8, 4) is 67.6 Å². The predicted molar refractivity (Wildman–Crippen MR) is 382 cm³/mol. The minimum Gasteiger partial charge on any atom is -0.309 e. The van der Waals surface area contributed by atoms with Crippen LogP contribution in [-0.4, -0.2) is 28.2 Å². The van der Waals surface area contributed by atoms with E-state index in [9.17, 15) is 0 Å². The van der Waals surface area contributed by atoms with Gasteiger partial charge in [0.1, 0.15) is 0 Å². The normalized spacial score (nSPS) is 11.9. The van der Waals surface area contributed by atoms with Crippen LogP contribution in [0.5, 0.6) is 0 Å². The zero-order valence-electron chi connectivity index (χ0n) is 49.6. The minimum absolute atomic E-state index is 0.623. The molecule has 5 heterocycles. The molecular formula is C85H51N7. The van der Waals surface area contributed by atoms with Crippen LogP contribution in [0.4, 0.5) is 5.69 Å². The van der Waals surface area contributed by atoms with Crippen molar-refractivity contribution in [2.75, 3.05) is 0 Å². The van der Waals surface area contributed by atoms with Gasteiger partial charge < -0.3 is 13.7 Å². The standard InChI is InChI=1S/C85H51N7/c1-86-61-37-28-53(29-38-61)54-30-39-63(40-31-54)90-76-25-13-9-21-67(76)72-50-56(34-45-80(72)90)58-35-46-81-73(51-58)68-22-10-14-26-77(68)91(81)64-41-43-65-60(48-64)32-42-70-83(55-16-4-2-5-17-55)87-85(88-84(65)70)92-78-27-15-11-23-69(78)74-52-59(36-47-82(74)92)57-33-44-79-71(49-57)66-20-8-12-24-75(66)89(79)62-18-6-3-7-19-62/h2-52H. The molecule has 92 heavy (non-hydrogen) atoms. The second-order valence-electron chi connectivity index (χ2n) is 24.0. The van der Waals surface area contributed by atoms with Crippen molar-refractivity contribution in [3.63, 3.8) is 0 Å². The molecule has 0 bridgehead atoms. The van der Waals surface area contributed by atoms with E-state index < -0.39 is 0 Å². The van der Waals surface area contributed by atoms with Crippen molar-refractivity contribution in [2.45, 2.75) is 0 Å². The molecule has 0 saturated carbocycles. The molecule has 5 aromatic heterocycles. The first-order valence-corrected chi connectivity index (χ1v) is 31.1. The summed E-state index contributed by atoms with van der Waals surface area (Å²) in [4.78, 5) is 14.8. The lowest BCUT2D eigenvalue weighted by molar-refractivity contribution is 1.02. The van der Waals surface area contributed by atoms with Gasteiger partial charge in [0.25, 0.3) is 0 Å². The zero-order valence-corrected chi connectivity index (χ0v) is 49.6. The SMILES string of the molecule is [C-]#[N+]c1ccc(-c2ccc(-n3c4ccccc4c4cc(-c5ccc6c(c5)c5ccccc5n6-c5ccc6c(ccc7c(-c8ccccc8)nc(-n8c9ccccc9c9cc(-c%10ccc%11c(c%10)c%10ccccc%10n%11-c%10ccccc%10)ccc98)nc76)c5)ccc43)cc2)cc1. The summed E-state index contributed by atoms with van der Waals surface area (Å²) in [5, 5.41) is 12.7. The Morgan fingerprint density at radius 2 is 0.609 bits per heavy atom. The van der Waals surface area contributed by atoms with Gasteiger partial charge in [0.15, 0.2) is 5.69 Å². The molecule has 0 radical (unpaired) electrons. The summed E-state index contributed by atoms with van der Waals surface area (Å²) in [6, 6.07) is 111. The van der Waals surface area contributed by atoms with E-state index in [1.807, 2.05) is 24.3 Å². The van der Waals surface area contributed by atoms with Gasteiger partial charge in [-0.05, 0) is 154 Å². The molecule has 0 saturated heterocycles. The molecule has 0 fully saturated rings. The number of benzene rings is 14. The molecule has 0 aliphatic heterocycles. The van der Waals surface area contributed by atoms with E-state index in [0.29, 0.717) is 11.6 Å². The van der Waals surface area contributed by atoms with Crippen LogP contribution in [0.3, 0.4) is 0 Å². The fourth-order valence-corrected chi connectivity index (χ4v) is 14.7. The summed E-state index contributed by atoms with van der Waals surface area (Å²) in [5.74, 6) is 0.623. The Labute approximate surface area is 528 Å². The topological polar surface area (TPSA) is 49.9 Å². The quantitative estimate of drug-likeness (QED) is 0.112. The van der Waals surface area contributed by atoms with Crippen LogP contribution in [0.15, 0.2) is 309 Å². The first-order valence-electron chi connectivity index (χ1n) is 31.1. The van der Waals surface area contributed by atoms with E-state index >= 15 is 0 Å². The minimum atomic E-state index is 0.623. The summed E-state index contributed by atoms with van der Waals surface area (Å²) in [7, 11) is 0. The molecule has 19 rings (SSSR count). The number of rotatable bonds is 8. The maximum atomic E-state index is 7.38. The number of hydrogen-bond donors (Lipinski definition) is 0. The number of nitrogens with zero attached hydrogens (tertiary/aromatic N) is 7. The second kappa shape index (κ2) is 20.2. The molecule has 0 aliphatic rings. The Balaban J connectivity index is 0.715. The molecule has 14 aromatic carbocycles. The smallest absolute Gasteiger partial charge is 0.235 e. The summed E-state index contributed by atoms with van der Waals surface area (Å²) in [6.45, 7) is 7.38. The highest BCUT2D eigenvalue weighted by atomic mass is 15.2. The lowest BCUT2D eigenvalue weighted by Gasteiger charge is -2.14. The summed E-state index contributed by atoms with van der Waals surface area (Å²) in [6.07, 6.45) is 0. The molecule has 0 N–H and O–H groups in total. The predicted octanol–water partition coefficient (Wildman–Crippen LogP) is 22.4. The Hall–Kier alpha value is -12.6. The number of aromatic nitrogens is 6. The lowest BCUT2D eigenvalue weighted by atomic mass is 10.0. The fraction of sp³-hybridized carbons (Fsp3) is 0. The van der Waals surface area contributed by atoms with Gasteiger partial charge in [-0.3, -0.25) is 4.57 Å². The van der Waals surface area contributed by atoms with Gasteiger partial charge >= 0.3 is 0 Å². The number of fused-ring (bicyclic) bond motifs is 15. The van der Waals surface area contributed by atoms with Crippen molar-refractivity contribution in [1.29, 1.82) is 0 Å². The van der Waals surface area contributed by atoms with Crippen LogP contribution in [0.2, 0.25) is 0 Å². The van der Waals surface area contributed by atoms with Crippen molar-refractivity contribution in [2.24, 2.45) is 0 Å². The molecule has 0 atom stereocenters. The monoisotopic (exact) mass is 1170 g/mol. The first kappa shape index (κ1) is 51.4. The average Bonchev–Trinajstić information content (AvgIpc) is 1.57. The Morgan fingerprint density at radius 3 is 1.10 bits per heavy atom. The number of hydrogen-bond acceptors (Lipinski definition) is 2. The number of para-hydroxylation sites is 5. The molecule has 426 valence electrons. The van der Waals surface area contributed by atoms with Gasteiger partial charge in [-0.15, -0.1) is 0 Å². The molecular weight excluding hydrogens is 1120 g/mol. The summed E-state index contributed by atoms with van der Waals surface area (Å²) < 4.78 is 9.41. The average molecular weight is 1170 g/mol. The largest absolute Gasteiger partial charge is 0.309 e. The maximum absolute atomic E-state index is 7.38. The zero-order chi connectivity index (χ0) is 60.5. The van der Waals surface area contributed by atoms with Crippen LogP contribution in [0.1, 0.15) is 0 Å². The van der Waals surface area contributed by atoms with Gasteiger partial charge in [0.05, 0.1) is 61.9 Å². The van der Waals surface area contributed by atoms with Crippen LogP contribution < -0.4 is 0 Å². The molecule has 7 heteroatoms. The summed E-state index contributed by atoms with van der Waals surface area (Å²) in [5.41, 5.74) is 22.7. The van der Waals surface area contributed by atoms with Gasteiger partial charge in [-0.2, -0.15) is 0 Å². The van der Waals surface area contributed by atoms with Crippen LogP contribution in [0.25, 0.3) is 181 Å². The van der Waals surface area contributed by atoms with Crippen LogP contribution >= 0.6 is 0 Å². The van der Waals surface area contributed by atoms with Gasteiger partial charge in [0.2, 0.25) is 5.95 Å². The third-order valence-electron chi connectivity index (χ3n) is 19.0. The van der Waals surface area contributed by atoms with E-state index in [1.165, 1.54) is 43.4 Å². The Kier molecular flexibility index (Phi) is 11.3. The fourth-order valence-electron chi connectivity index (χ4n) is 14.7. The van der Waals surface area contributed by atoms with Gasteiger partial charge in [-0.25, -0.2) is 14.8 Å². The van der Waals surface area contributed by atoms with E-state index in [1.54, 1.807) is 0 Å². The van der Waals surface area contributed by atoms with Crippen molar-refractivity contribution in [1.82, 2.24) is 28.2 Å². The molecule has 19 aromatic rings. The summed E-state index contributed by atoms with van der Waals surface area (Å²) >= 11 is 0. The molecule has 0 spiro atoms. The highest BCUT2D eigenvalue weighted by Crippen LogP contribution is 2.43. The van der Waals surface area contributed by atoms with Gasteiger partial charge in [0, 0.05) is 76.5 Å². The lowest BCUT2D eigenvalue weighted by Crippen LogP contribution is -2.04. The Morgan fingerprint density at radius 1 is 0.239 bits per heavy atom. The van der Waals surface area contributed by atoms with E-state index in [0.717, 1.165) is 127 Å². The van der Waals surface area contributed by atoms with E-state index in [2.05, 4.69) is 308 Å². The van der Waals surface area contributed by atoms with Crippen LogP contribution in [0, 0.1) is 6.57 Å². The third kappa shape index (κ3) is 7.88. The van der Waals surface area contributed by atoms with Gasteiger partial charge in [-0.1, -0.05) is 194 Å². The van der Waals surface area contributed by atoms with Crippen LogP contribution in [-0.2, 0) is 0 Å². The maximum Gasteiger partial charge on any atom is 0.235 e. The third-order valence-corrected chi connectivity index (χ3v) is 19.0. The molecule has 7 nitrogen and oxygen atoms in total. The molecule has 0 aliphatic carbocycles. The highest BCUT2D eigenvalue weighted by Gasteiger charge is 2.22. The van der Waals surface area contributed by atoms with E-state index in [4.69, 9.17) is 16.5 Å². The molecule has 0 unspecified atom stereocenters. The van der Waals surface area contributed by atoms with E-state index in [-0.39, 0.29) is 0 Å².